The number of halogens is 1. The van der Waals surface area contributed by atoms with Crippen molar-refractivity contribution < 1.29 is 9.47 Å². The normalized spacial score (nSPS) is 22.1. The minimum Gasteiger partial charge on any atom is -0.454 e. The summed E-state index contributed by atoms with van der Waals surface area (Å²) >= 11 is 6.26. The van der Waals surface area contributed by atoms with Crippen LogP contribution in [0, 0.1) is 0 Å². The van der Waals surface area contributed by atoms with Crippen LogP contribution in [-0.4, -0.2) is 30.2 Å². The molecule has 0 amide bonds. The first-order valence-corrected chi connectivity index (χ1v) is 7.17. The van der Waals surface area contributed by atoms with Crippen LogP contribution in [0.15, 0.2) is 17.1 Å². The summed E-state index contributed by atoms with van der Waals surface area (Å²) in [5.41, 5.74) is 7.08. The monoisotopic (exact) mass is 295 g/mol. The van der Waals surface area contributed by atoms with Crippen LogP contribution in [0.3, 0.4) is 0 Å². The van der Waals surface area contributed by atoms with Gasteiger partial charge in [-0.2, -0.15) is 0 Å². The molecule has 2 aliphatic heterocycles. The number of ether oxygens (including phenoxy) is 2. The van der Waals surface area contributed by atoms with E-state index in [-0.39, 0.29) is 12.8 Å². The lowest BCUT2D eigenvalue weighted by Gasteiger charge is -2.32. The molecule has 2 atom stereocenters. The minimum absolute atomic E-state index is 0.108. The van der Waals surface area contributed by atoms with Crippen LogP contribution in [0.4, 0.5) is 0 Å². The summed E-state index contributed by atoms with van der Waals surface area (Å²) in [5.74, 6) is 1.91. The molecule has 0 fully saturated rings. The van der Waals surface area contributed by atoms with Gasteiger partial charge in [-0.3, -0.25) is 4.99 Å². The van der Waals surface area contributed by atoms with Gasteiger partial charge in [0.15, 0.2) is 17.5 Å². The van der Waals surface area contributed by atoms with Gasteiger partial charge in [0.05, 0.1) is 17.6 Å². The van der Waals surface area contributed by atoms with Crippen molar-refractivity contribution in [1.82, 2.24) is 4.90 Å². The van der Waals surface area contributed by atoms with E-state index in [1.807, 2.05) is 12.1 Å². The second-order valence-electron chi connectivity index (χ2n) is 5.12. The molecule has 2 aliphatic rings. The third-order valence-electron chi connectivity index (χ3n) is 3.93. The Kier molecular flexibility index (Phi) is 3.38. The van der Waals surface area contributed by atoms with E-state index in [4.69, 9.17) is 26.8 Å². The number of guanidine groups is 1. The second-order valence-corrected chi connectivity index (χ2v) is 5.52. The van der Waals surface area contributed by atoms with Gasteiger partial charge in [0.25, 0.3) is 0 Å². The first-order valence-electron chi connectivity index (χ1n) is 6.79. The Morgan fingerprint density at radius 1 is 1.50 bits per heavy atom. The quantitative estimate of drug-likeness (QED) is 0.931. The summed E-state index contributed by atoms with van der Waals surface area (Å²) in [4.78, 5) is 6.52. The molecule has 0 aromatic heterocycles. The maximum atomic E-state index is 6.26. The topological polar surface area (TPSA) is 60.1 Å². The van der Waals surface area contributed by atoms with Crippen molar-refractivity contribution in [2.75, 3.05) is 13.3 Å². The highest BCUT2D eigenvalue weighted by atomic mass is 35.5. The molecule has 0 spiro atoms. The van der Waals surface area contributed by atoms with Crippen LogP contribution in [0.5, 0.6) is 11.5 Å². The third-order valence-corrected chi connectivity index (χ3v) is 4.21. The molecule has 2 unspecified atom stereocenters. The highest BCUT2D eigenvalue weighted by Crippen LogP contribution is 2.42. The van der Waals surface area contributed by atoms with Gasteiger partial charge < -0.3 is 20.1 Å². The van der Waals surface area contributed by atoms with Crippen molar-refractivity contribution >= 4 is 17.6 Å². The number of nitrogens with two attached hydrogens (primary N) is 1. The van der Waals surface area contributed by atoms with Gasteiger partial charge in [0.1, 0.15) is 0 Å². The van der Waals surface area contributed by atoms with Crippen LogP contribution in [0.25, 0.3) is 0 Å². The van der Waals surface area contributed by atoms with Crippen LogP contribution in [0.2, 0.25) is 5.02 Å². The van der Waals surface area contributed by atoms with Gasteiger partial charge in [-0.1, -0.05) is 18.5 Å². The van der Waals surface area contributed by atoms with Crippen LogP contribution in [-0.2, 0) is 0 Å². The molecule has 20 heavy (non-hydrogen) atoms. The van der Waals surface area contributed by atoms with E-state index in [1.54, 1.807) is 0 Å². The molecular formula is C14H18ClN3O2. The molecule has 0 saturated heterocycles. The fourth-order valence-corrected chi connectivity index (χ4v) is 2.96. The van der Waals surface area contributed by atoms with E-state index in [0.29, 0.717) is 35.1 Å². The van der Waals surface area contributed by atoms with E-state index in [9.17, 15) is 0 Å². The molecule has 2 N–H and O–H groups in total. The standard InChI is InChI=1S/C14H18ClN3O2/c1-3-8(2)18-11(6-17-14(18)16)9-4-10(15)13-12(5-9)19-7-20-13/h4-5,8,11H,3,6-7H2,1-2H3,(H2,16,17). The van der Waals surface area contributed by atoms with E-state index < -0.39 is 0 Å². The summed E-state index contributed by atoms with van der Waals surface area (Å²) in [6.07, 6.45) is 1.00. The Morgan fingerprint density at radius 2 is 2.30 bits per heavy atom. The molecule has 5 nitrogen and oxygen atoms in total. The van der Waals surface area contributed by atoms with Gasteiger partial charge in [0.2, 0.25) is 6.79 Å². The van der Waals surface area contributed by atoms with Gasteiger partial charge in [-0.15, -0.1) is 0 Å². The molecule has 3 rings (SSSR count). The SMILES string of the molecule is CCC(C)N1C(N)=NCC1c1cc(Cl)c2c(c1)OCO2. The van der Waals surface area contributed by atoms with Gasteiger partial charge >= 0.3 is 0 Å². The lowest BCUT2D eigenvalue weighted by Crippen LogP contribution is -2.42. The number of aliphatic imine (C=N–C) groups is 1. The Morgan fingerprint density at radius 3 is 3.05 bits per heavy atom. The Balaban J connectivity index is 1.95. The summed E-state index contributed by atoms with van der Waals surface area (Å²) in [6, 6.07) is 4.33. The molecule has 0 radical (unpaired) electrons. The maximum Gasteiger partial charge on any atom is 0.231 e. The molecule has 108 valence electrons. The lowest BCUT2D eigenvalue weighted by atomic mass is 10.0. The molecule has 0 bridgehead atoms. The second kappa shape index (κ2) is 5.05. The number of rotatable bonds is 3. The van der Waals surface area contributed by atoms with Crippen molar-refractivity contribution in [3.8, 4) is 11.5 Å². The third kappa shape index (κ3) is 2.06. The van der Waals surface area contributed by atoms with Crippen LogP contribution < -0.4 is 15.2 Å². The van der Waals surface area contributed by atoms with Gasteiger partial charge in [-0.25, -0.2) is 0 Å². The highest BCUT2D eigenvalue weighted by molar-refractivity contribution is 6.32. The highest BCUT2D eigenvalue weighted by Gasteiger charge is 2.32. The molecule has 1 aromatic carbocycles. The summed E-state index contributed by atoms with van der Waals surface area (Å²) in [6.45, 7) is 5.15. The molecule has 1 aromatic rings. The average Bonchev–Trinajstić information content (AvgIpc) is 3.04. The van der Waals surface area contributed by atoms with Crippen molar-refractivity contribution in [2.24, 2.45) is 10.7 Å². The van der Waals surface area contributed by atoms with E-state index >= 15 is 0 Å². The first-order chi connectivity index (χ1) is 9.61. The van der Waals surface area contributed by atoms with Crippen molar-refractivity contribution in [1.29, 1.82) is 0 Å². The molecule has 2 heterocycles. The van der Waals surface area contributed by atoms with Crippen LogP contribution in [0.1, 0.15) is 31.9 Å². The molecule has 0 aliphatic carbocycles. The molecule has 6 heteroatoms. The van der Waals surface area contributed by atoms with Gasteiger partial charge in [0, 0.05) is 6.04 Å². The number of nitrogens with zero attached hydrogens (tertiary/aromatic N) is 2. The zero-order chi connectivity index (χ0) is 14.3. The predicted molar refractivity (Wildman–Crippen MR) is 78.4 cm³/mol. The largest absolute Gasteiger partial charge is 0.454 e. The van der Waals surface area contributed by atoms with Crippen molar-refractivity contribution in [3.63, 3.8) is 0 Å². The number of hydrogen-bond donors (Lipinski definition) is 1. The Bertz CT molecular complexity index is 562. The molecule has 0 saturated carbocycles. The number of benzene rings is 1. The maximum absolute atomic E-state index is 6.26. The van der Waals surface area contributed by atoms with E-state index in [1.165, 1.54) is 0 Å². The van der Waals surface area contributed by atoms with Crippen molar-refractivity contribution in [3.05, 3.63) is 22.7 Å². The number of fused-ring (bicyclic) bond motifs is 1. The fraction of sp³-hybridized carbons (Fsp3) is 0.500. The smallest absolute Gasteiger partial charge is 0.231 e. The summed E-state index contributed by atoms with van der Waals surface area (Å²) in [7, 11) is 0. The van der Waals surface area contributed by atoms with E-state index in [0.717, 1.165) is 12.0 Å². The minimum atomic E-state index is 0.108. The fourth-order valence-electron chi connectivity index (χ4n) is 2.68. The first kappa shape index (κ1) is 13.4. The molecular weight excluding hydrogens is 278 g/mol. The van der Waals surface area contributed by atoms with Crippen LogP contribution >= 0.6 is 11.6 Å². The number of hydrogen-bond acceptors (Lipinski definition) is 5. The lowest BCUT2D eigenvalue weighted by molar-refractivity contribution is 0.174. The zero-order valence-electron chi connectivity index (χ0n) is 11.6. The van der Waals surface area contributed by atoms with Gasteiger partial charge in [-0.05, 0) is 31.0 Å². The summed E-state index contributed by atoms with van der Waals surface area (Å²) < 4.78 is 10.8. The van der Waals surface area contributed by atoms with Crippen molar-refractivity contribution in [2.45, 2.75) is 32.4 Å². The Labute approximate surface area is 123 Å². The average molecular weight is 296 g/mol. The Hall–Kier alpha value is -1.62. The summed E-state index contributed by atoms with van der Waals surface area (Å²) in [5, 5.41) is 0.574. The zero-order valence-corrected chi connectivity index (χ0v) is 12.4. The van der Waals surface area contributed by atoms with E-state index in [2.05, 4.69) is 23.7 Å². The predicted octanol–water partition coefficient (Wildman–Crippen LogP) is 2.54.